The molecule has 0 spiro atoms. The zero-order chi connectivity index (χ0) is 12.1. The Bertz CT molecular complexity index is 401. The van der Waals surface area contributed by atoms with Crippen molar-refractivity contribution in [2.24, 2.45) is 0 Å². The Labute approximate surface area is 94.3 Å². The molecule has 0 bridgehead atoms. The Morgan fingerprint density at radius 3 is 2.38 bits per heavy atom. The molecule has 0 aliphatic heterocycles. The first-order valence-electron chi connectivity index (χ1n) is 5.19. The van der Waals surface area contributed by atoms with Crippen LogP contribution in [-0.4, -0.2) is 23.0 Å². The minimum Gasteiger partial charge on any atom is -0.478 e. The number of hydrogen-bond donors (Lipinski definition) is 2. The zero-order valence-corrected chi connectivity index (χ0v) is 9.36. The summed E-state index contributed by atoms with van der Waals surface area (Å²) >= 11 is 0. The van der Waals surface area contributed by atoms with Gasteiger partial charge in [0.25, 0.3) is 5.91 Å². The quantitative estimate of drug-likeness (QED) is 0.816. The third-order valence-corrected chi connectivity index (χ3v) is 2.39. The molecule has 2 N–H and O–H groups in total. The molecule has 1 aromatic rings. The molecule has 1 unspecified atom stereocenters. The van der Waals surface area contributed by atoms with Crippen molar-refractivity contribution in [1.82, 2.24) is 5.32 Å². The van der Waals surface area contributed by atoms with E-state index in [-0.39, 0.29) is 23.1 Å². The lowest BCUT2D eigenvalue weighted by molar-refractivity contribution is 0.0690. The van der Waals surface area contributed by atoms with E-state index in [1.54, 1.807) is 12.1 Å². The van der Waals surface area contributed by atoms with E-state index in [4.69, 9.17) is 5.11 Å². The van der Waals surface area contributed by atoms with E-state index >= 15 is 0 Å². The fraction of sp³-hybridized carbons (Fsp3) is 0.333. The van der Waals surface area contributed by atoms with Crippen LogP contribution in [0.1, 0.15) is 41.0 Å². The summed E-state index contributed by atoms with van der Waals surface area (Å²) < 4.78 is 0. The van der Waals surface area contributed by atoms with E-state index < -0.39 is 5.97 Å². The summed E-state index contributed by atoms with van der Waals surface area (Å²) in [5, 5.41) is 11.7. The van der Waals surface area contributed by atoms with Gasteiger partial charge in [-0.05, 0) is 25.5 Å². The second kappa shape index (κ2) is 5.30. The van der Waals surface area contributed by atoms with Crippen LogP contribution in [0.25, 0.3) is 0 Å². The van der Waals surface area contributed by atoms with Gasteiger partial charge in [0.2, 0.25) is 0 Å². The molecule has 1 amide bonds. The molecule has 1 rings (SSSR count). The number of benzene rings is 1. The van der Waals surface area contributed by atoms with E-state index in [0.29, 0.717) is 0 Å². The third kappa shape index (κ3) is 2.82. The average Bonchev–Trinajstić information content (AvgIpc) is 2.28. The van der Waals surface area contributed by atoms with Crippen LogP contribution in [0.3, 0.4) is 0 Å². The summed E-state index contributed by atoms with van der Waals surface area (Å²) in [6.07, 6.45) is 0.807. The normalized spacial score (nSPS) is 11.9. The maximum atomic E-state index is 11.8. The van der Waals surface area contributed by atoms with Gasteiger partial charge in [-0.15, -0.1) is 0 Å². The van der Waals surface area contributed by atoms with Crippen molar-refractivity contribution in [3.63, 3.8) is 0 Å². The van der Waals surface area contributed by atoms with Gasteiger partial charge < -0.3 is 10.4 Å². The number of amides is 1. The minimum atomic E-state index is -1.09. The summed E-state index contributed by atoms with van der Waals surface area (Å²) in [7, 11) is 0. The molecule has 0 aromatic heterocycles. The van der Waals surface area contributed by atoms with Gasteiger partial charge in [0.1, 0.15) is 0 Å². The van der Waals surface area contributed by atoms with E-state index in [1.165, 1.54) is 12.1 Å². The molecule has 0 radical (unpaired) electrons. The lowest BCUT2D eigenvalue weighted by atomic mass is 10.1. The number of hydrogen-bond acceptors (Lipinski definition) is 2. The van der Waals surface area contributed by atoms with E-state index in [1.807, 2.05) is 13.8 Å². The van der Waals surface area contributed by atoms with Gasteiger partial charge in [0.05, 0.1) is 11.1 Å². The molecule has 4 heteroatoms. The highest BCUT2D eigenvalue weighted by molar-refractivity contribution is 6.04. The van der Waals surface area contributed by atoms with Crippen LogP contribution < -0.4 is 5.32 Å². The summed E-state index contributed by atoms with van der Waals surface area (Å²) in [5.74, 6) is -1.43. The maximum absolute atomic E-state index is 11.8. The van der Waals surface area contributed by atoms with Crippen molar-refractivity contribution < 1.29 is 14.7 Å². The van der Waals surface area contributed by atoms with Crippen LogP contribution in [0.2, 0.25) is 0 Å². The summed E-state index contributed by atoms with van der Waals surface area (Å²) in [6.45, 7) is 3.83. The van der Waals surface area contributed by atoms with E-state index in [2.05, 4.69) is 5.32 Å². The van der Waals surface area contributed by atoms with Gasteiger partial charge in [-0.2, -0.15) is 0 Å². The molecule has 1 aromatic carbocycles. The third-order valence-electron chi connectivity index (χ3n) is 2.39. The summed E-state index contributed by atoms with van der Waals surface area (Å²) in [6, 6.07) is 6.23. The van der Waals surface area contributed by atoms with Crippen LogP contribution in [0.15, 0.2) is 24.3 Å². The number of carbonyl (C=O) groups is 2. The molecule has 4 nitrogen and oxygen atoms in total. The van der Waals surface area contributed by atoms with Crippen molar-refractivity contribution in [3.8, 4) is 0 Å². The highest BCUT2D eigenvalue weighted by atomic mass is 16.4. The van der Waals surface area contributed by atoms with Crippen molar-refractivity contribution in [1.29, 1.82) is 0 Å². The Balaban J connectivity index is 2.95. The first-order chi connectivity index (χ1) is 7.56. The number of carbonyl (C=O) groups excluding carboxylic acids is 1. The van der Waals surface area contributed by atoms with Gasteiger partial charge in [0, 0.05) is 6.04 Å². The Kier molecular flexibility index (Phi) is 4.05. The van der Waals surface area contributed by atoms with Gasteiger partial charge >= 0.3 is 5.97 Å². The Morgan fingerprint density at radius 2 is 1.88 bits per heavy atom. The number of nitrogens with one attached hydrogen (secondary N) is 1. The number of aromatic carboxylic acids is 1. The first kappa shape index (κ1) is 12.2. The van der Waals surface area contributed by atoms with Crippen molar-refractivity contribution in [3.05, 3.63) is 35.4 Å². The fourth-order valence-electron chi connectivity index (χ4n) is 1.27. The Hall–Kier alpha value is -1.84. The molecule has 0 aliphatic rings. The van der Waals surface area contributed by atoms with Crippen molar-refractivity contribution in [2.75, 3.05) is 0 Å². The topological polar surface area (TPSA) is 66.4 Å². The van der Waals surface area contributed by atoms with Gasteiger partial charge in [0.15, 0.2) is 0 Å². The highest BCUT2D eigenvalue weighted by Crippen LogP contribution is 2.09. The molecule has 0 saturated heterocycles. The minimum absolute atomic E-state index is 0.0308. The Morgan fingerprint density at radius 1 is 1.31 bits per heavy atom. The number of carboxylic acid groups (broad SMARTS) is 1. The first-order valence-corrected chi connectivity index (χ1v) is 5.19. The van der Waals surface area contributed by atoms with Crippen LogP contribution in [-0.2, 0) is 0 Å². The highest BCUT2D eigenvalue weighted by Gasteiger charge is 2.16. The molecule has 1 atom stereocenters. The molecular formula is C12H15NO3. The van der Waals surface area contributed by atoms with Gasteiger partial charge in [-0.3, -0.25) is 4.79 Å². The number of rotatable bonds is 4. The zero-order valence-electron chi connectivity index (χ0n) is 9.36. The van der Waals surface area contributed by atoms with E-state index in [0.717, 1.165) is 6.42 Å². The lowest BCUT2D eigenvalue weighted by Crippen LogP contribution is -2.32. The second-order valence-corrected chi connectivity index (χ2v) is 3.63. The predicted molar refractivity (Wildman–Crippen MR) is 60.6 cm³/mol. The van der Waals surface area contributed by atoms with Crippen LogP contribution >= 0.6 is 0 Å². The van der Waals surface area contributed by atoms with Crippen LogP contribution in [0.4, 0.5) is 0 Å². The van der Waals surface area contributed by atoms with Gasteiger partial charge in [-0.1, -0.05) is 19.1 Å². The number of carboxylic acids is 1. The molecule has 0 saturated carbocycles. The predicted octanol–water partition coefficient (Wildman–Crippen LogP) is 1.91. The van der Waals surface area contributed by atoms with E-state index in [9.17, 15) is 9.59 Å². The van der Waals surface area contributed by atoms with Crippen LogP contribution in [0, 0.1) is 0 Å². The monoisotopic (exact) mass is 221 g/mol. The lowest BCUT2D eigenvalue weighted by Gasteiger charge is -2.12. The average molecular weight is 221 g/mol. The van der Waals surface area contributed by atoms with Crippen molar-refractivity contribution in [2.45, 2.75) is 26.3 Å². The van der Waals surface area contributed by atoms with Gasteiger partial charge in [-0.25, -0.2) is 4.79 Å². The molecule has 86 valence electrons. The van der Waals surface area contributed by atoms with Crippen LogP contribution in [0.5, 0.6) is 0 Å². The molecular weight excluding hydrogens is 206 g/mol. The second-order valence-electron chi connectivity index (χ2n) is 3.63. The molecule has 0 aliphatic carbocycles. The maximum Gasteiger partial charge on any atom is 0.336 e. The standard InChI is InChI=1S/C12H15NO3/c1-3-8(2)13-11(14)9-6-4-5-7-10(9)12(15)16/h4-8H,3H2,1-2H3,(H,13,14)(H,15,16). The molecule has 0 heterocycles. The summed E-state index contributed by atoms with van der Waals surface area (Å²) in [4.78, 5) is 22.7. The van der Waals surface area contributed by atoms with Crippen molar-refractivity contribution >= 4 is 11.9 Å². The largest absolute Gasteiger partial charge is 0.478 e. The SMILES string of the molecule is CCC(C)NC(=O)c1ccccc1C(=O)O. The summed E-state index contributed by atoms with van der Waals surface area (Å²) in [5.41, 5.74) is 0.235. The molecule has 0 fully saturated rings. The fourth-order valence-corrected chi connectivity index (χ4v) is 1.27. The smallest absolute Gasteiger partial charge is 0.336 e. The molecule has 16 heavy (non-hydrogen) atoms.